The van der Waals surface area contributed by atoms with E-state index in [9.17, 15) is 9.59 Å². The van der Waals surface area contributed by atoms with Crippen molar-refractivity contribution in [1.82, 2.24) is 5.32 Å². The Morgan fingerprint density at radius 3 is 1.82 bits per heavy atom. The Hall–Kier alpha value is -2.42. The van der Waals surface area contributed by atoms with Crippen LogP contribution >= 0.6 is 0 Å². The van der Waals surface area contributed by atoms with E-state index in [1.807, 2.05) is 60.7 Å². The molecule has 3 heteroatoms. The minimum Gasteiger partial charge on any atom is -0.345 e. The largest absolute Gasteiger partial charge is 0.345 e. The van der Waals surface area contributed by atoms with Gasteiger partial charge in [-0.15, -0.1) is 0 Å². The summed E-state index contributed by atoms with van der Waals surface area (Å²) in [5.41, 5.74) is 2.10. The Labute approximate surface area is 131 Å². The molecule has 0 aliphatic carbocycles. The fraction of sp³-hybridized carbons (Fsp3) is 0.263. The summed E-state index contributed by atoms with van der Waals surface area (Å²) in [6.07, 6.45) is 1.42. The maximum atomic E-state index is 12.2. The van der Waals surface area contributed by atoms with Crippen LogP contribution in [0.3, 0.4) is 0 Å². The van der Waals surface area contributed by atoms with E-state index in [2.05, 4.69) is 5.32 Å². The van der Waals surface area contributed by atoms with E-state index < -0.39 is 0 Å². The molecular weight excluding hydrogens is 274 g/mol. The van der Waals surface area contributed by atoms with E-state index in [1.165, 1.54) is 0 Å². The molecule has 0 fully saturated rings. The predicted molar refractivity (Wildman–Crippen MR) is 87.4 cm³/mol. The van der Waals surface area contributed by atoms with Crippen LogP contribution in [0.15, 0.2) is 60.7 Å². The van der Waals surface area contributed by atoms with Crippen molar-refractivity contribution in [2.45, 2.75) is 32.2 Å². The highest BCUT2D eigenvalue weighted by Crippen LogP contribution is 2.21. The summed E-state index contributed by atoms with van der Waals surface area (Å²) in [6.45, 7) is 1.55. The van der Waals surface area contributed by atoms with Crippen molar-refractivity contribution < 1.29 is 9.59 Å². The van der Waals surface area contributed by atoms with Crippen LogP contribution in [0.4, 0.5) is 0 Å². The molecule has 0 aliphatic rings. The summed E-state index contributed by atoms with van der Waals surface area (Å²) < 4.78 is 0. The first-order valence-electron chi connectivity index (χ1n) is 7.55. The molecule has 0 radical (unpaired) electrons. The lowest BCUT2D eigenvalue weighted by Crippen LogP contribution is -2.29. The molecule has 2 aromatic rings. The van der Waals surface area contributed by atoms with Crippen molar-refractivity contribution >= 4 is 11.7 Å². The van der Waals surface area contributed by atoms with Gasteiger partial charge in [-0.05, 0) is 24.5 Å². The first kappa shape index (κ1) is 16.0. The van der Waals surface area contributed by atoms with Gasteiger partial charge in [-0.25, -0.2) is 0 Å². The second-order valence-corrected chi connectivity index (χ2v) is 5.38. The summed E-state index contributed by atoms with van der Waals surface area (Å²) in [7, 11) is 0. The van der Waals surface area contributed by atoms with Crippen LogP contribution in [-0.2, 0) is 9.59 Å². The molecule has 3 nitrogen and oxygen atoms in total. The number of ketones is 1. The Kier molecular flexibility index (Phi) is 5.90. The third-order valence-electron chi connectivity index (χ3n) is 3.50. The van der Waals surface area contributed by atoms with Crippen LogP contribution in [0.25, 0.3) is 0 Å². The minimum absolute atomic E-state index is 0.0287. The lowest BCUT2D eigenvalue weighted by molar-refractivity contribution is -0.122. The molecule has 0 heterocycles. The van der Waals surface area contributed by atoms with E-state index in [0.717, 1.165) is 11.1 Å². The van der Waals surface area contributed by atoms with Gasteiger partial charge in [0.2, 0.25) is 5.91 Å². The number of benzene rings is 2. The van der Waals surface area contributed by atoms with Crippen molar-refractivity contribution in [2.75, 3.05) is 0 Å². The van der Waals surface area contributed by atoms with Crippen LogP contribution < -0.4 is 5.32 Å². The van der Waals surface area contributed by atoms with Crippen molar-refractivity contribution in [3.63, 3.8) is 0 Å². The molecule has 0 spiro atoms. The van der Waals surface area contributed by atoms with Gasteiger partial charge >= 0.3 is 0 Å². The van der Waals surface area contributed by atoms with Crippen LogP contribution in [0.2, 0.25) is 0 Å². The van der Waals surface area contributed by atoms with E-state index in [-0.39, 0.29) is 17.7 Å². The van der Waals surface area contributed by atoms with Gasteiger partial charge in [-0.1, -0.05) is 60.7 Å². The maximum Gasteiger partial charge on any atom is 0.220 e. The van der Waals surface area contributed by atoms with Gasteiger partial charge in [0.1, 0.15) is 5.78 Å². The summed E-state index contributed by atoms with van der Waals surface area (Å²) in [4.78, 5) is 23.1. The molecule has 0 bridgehead atoms. The van der Waals surface area contributed by atoms with Crippen LogP contribution in [-0.4, -0.2) is 11.7 Å². The number of amides is 1. The smallest absolute Gasteiger partial charge is 0.220 e. The molecule has 2 rings (SSSR count). The number of rotatable bonds is 7. The average Bonchev–Trinajstić information content (AvgIpc) is 2.54. The number of carbonyl (C=O) groups is 2. The van der Waals surface area contributed by atoms with Gasteiger partial charge in [-0.2, -0.15) is 0 Å². The molecule has 1 N–H and O–H groups in total. The molecular formula is C19H21NO2. The second-order valence-electron chi connectivity index (χ2n) is 5.38. The zero-order valence-electron chi connectivity index (χ0n) is 12.8. The first-order chi connectivity index (χ1) is 10.7. The molecule has 0 aromatic heterocycles. The summed E-state index contributed by atoms with van der Waals surface area (Å²) >= 11 is 0. The van der Waals surface area contributed by atoms with Crippen LogP contribution in [0.5, 0.6) is 0 Å². The van der Waals surface area contributed by atoms with Gasteiger partial charge in [0.05, 0.1) is 6.04 Å². The molecule has 114 valence electrons. The molecule has 0 unspecified atom stereocenters. The summed E-state index contributed by atoms with van der Waals surface area (Å²) in [5, 5.41) is 3.07. The number of hydrogen-bond donors (Lipinski definition) is 1. The number of hydrogen-bond acceptors (Lipinski definition) is 2. The van der Waals surface area contributed by atoms with Crippen molar-refractivity contribution in [2.24, 2.45) is 0 Å². The Bertz CT molecular complexity index is 568. The first-order valence-corrected chi connectivity index (χ1v) is 7.55. The number of carbonyl (C=O) groups excluding carboxylic acids is 2. The molecule has 0 saturated heterocycles. The normalized spacial score (nSPS) is 10.5. The monoisotopic (exact) mass is 295 g/mol. The molecule has 2 aromatic carbocycles. The highest BCUT2D eigenvalue weighted by atomic mass is 16.1. The summed E-state index contributed by atoms with van der Waals surface area (Å²) in [6, 6.07) is 19.6. The van der Waals surface area contributed by atoms with Gasteiger partial charge in [0.15, 0.2) is 0 Å². The zero-order chi connectivity index (χ0) is 15.8. The SMILES string of the molecule is CC(=O)CCCC(=O)NC(c1ccccc1)c1ccccc1. The van der Waals surface area contributed by atoms with Gasteiger partial charge in [0.25, 0.3) is 0 Å². The summed E-state index contributed by atoms with van der Waals surface area (Å²) in [5.74, 6) is 0.0921. The lowest BCUT2D eigenvalue weighted by atomic mass is 9.98. The molecule has 1 amide bonds. The van der Waals surface area contributed by atoms with E-state index in [1.54, 1.807) is 6.92 Å². The Morgan fingerprint density at radius 1 is 0.864 bits per heavy atom. The number of Topliss-reactive ketones (excluding diaryl/α,β-unsaturated/α-hetero) is 1. The third kappa shape index (κ3) is 4.85. The predicted octanol–water partition coefficient (Wildman–Crippen LogP) is 3.65. The maximum absolute atomic E-state index is 12.2. The van der Waals surface area contributed by atoms with Gasteiger partial charge in [0, 0.05) is 12.8 Å². The van der Waals surface area contributed by atoms with E-state index in [0.29, 0.717) is 19.3 Å². The quantitative estimate of drug-likeness (QED) is 0.847. The molecule has 22 heavy (non-hydrogen) atoms. The molecule has 0 saturated carbocycles. The van der Waals surface area contributed by atoms with Crippen molar-refractivity contribution in [3.8, 4) is 0 Å². The lowest BCUT2D eigenvalue weighted by Gasteiger charge is -2.20. The highest BCUT2D eigenvalue weighted by molar-refractivity contribution is 5.79. The van der Waals surface area contributed by atoms with E-state index >= 15 is 0 Å². The standard InChI is InChI=1S/C19H21NO2/c1-15(21)9-8-14-18(22)20-19(16-10-4-2-5-11-16)17-12-6-3-7-13-17/h2-7,10-13,19H,8-9,14H2,1H3,(H,20,22). The Balaban J connectivity index is 2.09. The van der Waals surface area contributed by atoms with Crippen LogP contribution in [0, 0.1) is 0 Å². The fourth-order valence-electron chi connectivity index (χ4n) is 2.38. The zero-order valence-corrected chi connectivity index (χ0v) is 12.8. The Morgan fingerprint density at radius 2 is 1.36 bits per heavy atom. The van der Waals surface area contributed by atoms with Gasteiger partial charge < -0.3 is 10.1 Å². The van der Waals surface area contributed by atoms with Crippen molar-refractivity contribution in [3.05, 3.63) is 71.8 Å². The average molecular weight is 295 g/mol. The van der Waals surface area contributed by atoms with Crippen molar-refractivity contribution in [1.29, 1.82) is 0 Å². The third-order valence-corrected chi connectivity index (χ3v) is 3.50. The minimum atomic E-state index is -0.160. The van der Waals surface area contributed by atoms with E-state index in [4.69, 9.17) is 0 Å². The second kappa shape index (κ2) is 8.13. The highest BCUT2D eigenvalue weighted by Gasteiger charge is 2.16. The topological polar surface area (TPSA) is 46.2 Å². The van der Waals surface area contributed by atoms with Crippen LogP contribution in [0.1, 0.15) is 43.4 Å². The number of nitrogens with one attached hydrogen (secondary N) is 1. The fourth-order valence-corrected chi connectivity index (χ4v) is 2.38. The van der Waals surface area contributed by atoms with Gasteiger partial charge in [-0.3, -0.25) is 4.79 Å². The molecule has 0 atom stereocenters. The molecule has 0 aliphatic heterocycles.